The molecule has 1 aliphatic rings. The van der Waals surface area contributed by atoms with Crippen LogP contribution in [0.25, 0.3) is 0 Å². The van der Waals surface area contributed by atoms with Crippen molar-refractivity contribution in [1.29, 1.82) is 0 Å². The van der Waals surface area contributed by atoms with Gasteiger partial charge in [-0.05, 0) is 79.6 Å². The van der Waals surface area contributed by atoms with Gasteiger partial charge >= 0.3 is 0 Å². The minimum atomic E-state index is -1.94. The van der Waals surface area contributed by atoms with Crippen molar-refractivity contribution in [3.05, 3.63) is 0 Å². The fraction of sp³-hybridized carbons (Fsp3) is 1.00. The number of rotatable bonds is 16. The molecule has 0 aromatic rings. The van der Waals surface area contributed by atoms with Gasteiger partial charge in [-0.15, -0.1) is 0 Å². The highest BCUT2D eigenvalue weighted by Crippen LogP contribution is 2.41. The maximum atomic E-state index is 9.64. The second kappa shape index (κ2) is 14.6. The lowest BCUT2D eigenvalue weighted by atomic mass is 9.96. The number of aliphatic hydroxyl groups is 1. The predicted octanol–water partition coefficient (Wildman–Crippen LogP) is 8.75. The largest absolute Gasteiger partial charge is 0.414 e. The molecule has 228 valence electrons. The summed E-state index contributed by atoms with van der Waals surface area (Å²) in [5.74, 6) is 0.286. The molecule has 0 aliphatic carbocycles. The van der Waals surface area contributed by atoms with E-state index in [2.05, 4.69) is 95.4 Å². The molecular formula is C30H66O5Si3. The Morgan fingerprint density at radius 1 is 0.868 bits per heavy atom. The van der Waals surface area contributed by atoms with Crippen LogP contribution in [0.2, 0.25) is 54.4 Å². The molecule has 38 heavy (non-hydrogen) atoms. The quantitative estimate of drug-likeness (QED) is 0.182. The zero-order chi connectivity index (χ0) is 29.6. The van der Waals surface area contributed by atoms with E-state index >= 15 is 0 Å². The molecule has 0 aromatic heterocycles. The second-order valence-corrected chi connectivity index (χ2v) is 29.3. The average molecular weight is 591 g/mol. The van der Waals surface area contributed by atoms with Gasteiger partial charge in [0.15, 0.2) is 25.0 Å². The molecule has 0 aromatic carbocycles. The molecule has 1 unspecified atom stereocenters. The minimum absolute atomic E-state index is 0.0620. The first-order chi connectivity index (χ1) is 17.3. The molecule has 0 bridgehead atoms. The third-order valence-electron chi connectivity index (χ3n) is 10.2. The van der Waals surface area contributed by atoms with Gasteiger partial charge in [0.1, 0.15) is 0 Å². The molecule has 0 amide bonds. The van der Waals surface area contributed by atoms with E-state index in [9.17, 15) is 5.11 Å². The Bertz CT molecular complexity index is 674. The summed E-state index contributed by atoms with van der Waals surface area (Å²) in [5.41, 5.74) is 0. The van der Waals surface area contributed by atoms with Gasteiger partial charge in [-0.3, -0.25) is 0 Å². The molecule has 0 saturated carbocycles. The van der Waals surface area contributed by atoms with Gasteiger partial charge in [0.05, 0.1) is 31.0 Å². The SMILES string of the molecule is CC[Si](CC)(CC)O[C@H]1C[C@@H](CC[C@H](CO[Si](C)(C)C(C)(C)C)O[Si](C)(C)C(C)(C)C)OC1[C@@H](C)CCO. The van der Waals surface area contributed by atoms with Crippen molar-refractivity contribution in [3.63, 3.8) is 0 Å². The number of ether oxygens (including phenoxy) is 1. The summed E-state index contributed by atoms with van der Waals surface area (Å²) < 4.78 is 27.4. The summed E-state index contributed by atoms with van der Waals surface area (Å²) in [5, 5.41) is 9.98. The lowest BCUT2D eigenvalue weighted by molar-refractivity contribution is -0.0287. The Morgan fingerprint density at radius 3 is 1.84 bits per heavy atom. The average Bonchev–Trinajstić information content (AvgIpc) is 3.20. The highest BCUT2D eigenvalue weighted by Gasteiger charge is 2.45. The summed E-state index contributed by atoms with van der Waals surface area (Å²) in [6.07, 6.45) is 4.06. The molecule has 1 rings (SSSR count). The summed E-state index contributed by atoms with van der Waals surface area (Å²) in [7, 11) is -5.56. The predicted molar refractivity (Wildman–Crippen MR) is 171 cm³/mol. The highest BCUT2D eigenvalue weighted by atomic mass is 28.4. The first-order valence-corrected chi connectivity index (χ1v) is 23.9. The van der Waals surface area contributed by atoms with Crippen molar-refractivity contribution in [2.45, 2.75) is 174 Å². The maximum absolute atomic E-state index is 9.64. The van der Waals surface area contributed by atoms with Crippen molar-refractivity contribution in [2.75, 3.05) is 13.2 Å². The first kappa shape index (κ1) is 36.5. The van der Waals surface area contributed by atoms with Crippen molar-refractivity contribution < 1.29 is 23.1 Å². The number of aliphatic hydroxyl groups excluding tert-OH is 1. The number of hydrogen-bond acceptors (Lipinski definition) is 5. The summed E-state index contributed by atoms with van der Waals surface area (Å²) in [4.78, 5) is 0. The highest BCUT2D eigenvalue weighted by molar-refractivity contribution is 6.75. The molecular weight excluding hydrogens is 525 g/mol. The molecule has 5 nitrogen and oxygen atoms in total. The van der Waals surface area contributed by atoms with E-state index in [1.807, 2.05) is 0 Å². The van der Waals surface area contributed by atoms with Gasteiger partial charge in [-0.25, -0.2) is 0 Å². The molecule has 0 spiro atoms. The molecule has 1 saturated heterocycles. The smallest absolute Gasteiger partial charge is 0.192 e. The van der Waals surface area contributed by atoms with Crippen LogP contribution in [-0.2, 0) is 18.0 Å². The lowest BCUT2D eigenvalue weighted by Crippen LogP contribution is -2.48. The van der Waals surface area contributed by atoms with E-state index in [1.54, 1.807) is 0 Å². The van der Waals surface area contributed by atoms with Gasteiger partial charge in [-0.1, -0.05) is 69.2 Å². The van der Waals surface area contributed by atoms with Crippen molar-refractivity contribution >= 4 is 25.0 Å². The zero-order valence-electron chi connectivity index (χ0n) is 27.8. The van der Waals surface area contributed by atoms with Crippen LogP contribution < -0.4 is 0 Å². The third-order valence-corrected chi connectivity index (χ3v) is 23.9. The fourth-order valence-corrected chi connectivity index (χ4v) is 10.2. The Morgan fingerprint density at radius 2 is 1.39 bits per heavy atom. The Hall–Kier alpha value is 0.451. The molecule has 1 N–H and O–H groups in total. The van der Waals surface area contributed by atoms with E-state index in [1.165, 1.54) is 0 Å². The summed E-state index contributed by atoms with van der Waals surface area (Å²) in [6, 6.07) is 3.44. The molecule has 1 aliphatic heterocycles. The van der Waals surface area contributed by atoms with Crippen LogP contribution in [0.15, 0.2) is 0 Å². The van der Waals surface area contributed by atoms with Crippen LogP contribution in [0, 0.1) is 5.92 Å². The third kappa shape index (κ3) is 10.1. The van der Waals surface area contributed by atoms with Crippen molar-refractivity contribution in [1.82, 2.24) is 0 Å². The summed E-state index contributed by atoms with van der Waals surface area (Å²) >= 11 is 0. The van der Waals surface area contributed by atoms with E-state index in [0.717, 1.165) is 43.8 Å². The van der Waals surface area contributed by atoms with Crippen LogP contribution in [0.3, 0.4) is 0 Å². The standard InChI is InChI=1S/C30H66O5Si3/c1-15-38(16-2,17-3)35-27-22-25(33-28(27)24(4)20-21-31)18-19-26(34-37(13,14)30(8,9)10)23-32-36(11,12)29(5,6)7/h24-28,31H,15-23H2,1-14H3/t24-,25+,26+,27-,28?/m0/s1. The van der Waals surface area contributed by atoms with Gasteiger partial charge in [0.2, 0.25) is 0 Å². The molecule has 0 radical (unpaired) electrons. The lowest BCUT2D eigenvalue weighted by Gasteiger charge is -2.41. The van der Waals surface area contributed by atoms with Gasteiger partial charge in [0.25, 0.3) is 0 Å². The minimum Gasteiger partial charge on any atom is -0.414 e. The Labute approximate surface area is 240 Å². The summed E-state index contributed by atoms with van der Waals surface area (Å²) in [6.45, 7) is 33.1. The van der Waals surface area contributed by atoms with Crippen LogP contribution >= 0.6 is 0 Å². The fourth-order valence-electron chi connectivity index (χ4n) is 4.91. The topological polar surface area (TPSA) is 57.2 Å². The van der Waals surface area contributed by atoms with E-state index in [4.69, 9.17) is 18.0 Å². The molecule has 8 heteroatoms. The van der Waals surface area contributed by atoms with E-state index in [-0.39, 0.29) is 47.0 Å². The molecule has 5 atom stereocenters. The molecule has 1 heterocycles. The van der Waals surface area contributed by atoms with Gasteiger partial charge < -0.3 is 23.1 Å². The van der Waals surface area contributed by atoms with Gasteiger partial charge in [-0.2, -0.15) is 0 Å². The normalized spacial score (nSPS) is 23.6. The Balaban J connectivity index is 3.05. The molecule has 1 fully saturated rings. The van der Waals surface area contributed by atoms with Gasteiger partial charge in [0, 0.05) is 13.0 Å². The van der Waals surface area contributed by atoms with E-state index < -0.39 is 25.0 Å². The monoisotopic (exact) mass is 590 g/mol. The maximum Gasteiger partial charge on any atom is 0.192 e. The van der Waals surface area contributed by atoms with Crippen molar-refractivity contribution in [3.8, 4) is 0 Å². The Kier molecular flexibility index (Phi) is 14.0. The van der Waals surface area contributed by atoms with E-state index in [0.29, 0.717) is 6.61 Å². The first-order valence-electron chi connectivity index (χ1n) is 15.5. The second-order valence-electron chi connectivity index (χ2n) is 15.0. The van der Waals surface area contributed by atoms with Crippen LogP contribution in [0.1, 0.15) is 94.9 Å². The number of hydrogen-bond donors (Lipinski definition) is 1. The van der Waals surface area contributed by atoms with Crippen LogP contribution in [0.4, 0.5) is 0 Å². The zero-order valence-corrected chi connectivity index (χ0v) is 30.8. The van der Waals surface area contributed by atoms with Crippen LogP contribution in [0.5, 0.6) is 0 Å². The van der Waals surface area contributed by atoms with Crippen molar-refractivity contribution in [2.24, 2.45) is 5.92 Å². The van der Waals surface area contributed by atoms with Crippen LogP contribution in [-0.4, -0.2) is 67.7 Å².